The maximum atomic E-state index is 15.2. The van der Waals surface area contributed by atoms with Crippen LogP contribution in [0.15, 0.2) is 55.1 Å². The van der Waals surface area contributed by atoms with E-state index in [4.69, 9.17) is 0 Å². The van der Waals surface area contributed by atoms with Crippen LogP contribution in [0.1, 0.15) is 99.2 Å². The zero-order chi connectivity index (χ0) is 24.4. The van der Waals surface area contributed by atoms with Crippen molar-refractivity contribution in [3.05, 3.63) is 89.3 Å². The lowest BCUT2D eigenvalue weighted by Gasteiger charge is -2.37. The molecule has 5 rings (SSSR count). The van der Waals surface area contributed by atoms with Crippen LogP contribution >= 0.6 is 0 Å². The van der Waals surface area contributed by atoms with Crippen LogP contribution in [-0.4, -0.2) is 0 Å². The third kappa shape index (κ3) is 5.44. The molecule has 2 fully saturated rings. The first-order valence-electron chi connectivity index (χ1n) is 13.6. The minimum atomic E-state index is -0.420. The second-order valence-electron chi connectivity index (χ2n) is 11.1. The molecular weight excluding hydrogens is 441 g/mol. The second-order valence-corrected chi connectivity index (χ2v) is 11.1. The lowest BCUT2D eigenvalue weighted by Crippen LogP contribution is -2.25. The Morgan fingerprint density at radius 3 is 1.83 bits per heavy atom. The third-order valence-corrected chi connectivity index (χ3v) is 9.20. The summed E-state index contributed by atoms with van der Waals surface area (Å²) in [7, 11) is 0. The van der Waals surface area contributed by atoms with Gasteiger partial charge in [-0.3, -0.25) is 0 Å². The van der Waals surface area contributed by atoms with Crippen molar-refractivity contribution in [2.45, 2.75) is 82.5 Å². The fourth-order valence-corrected chi connectivity index (χ4v) is 7.01. The highest BCUT2D eigenvalue weighted by atomic mass is 19.1. The lowest BCUT2D eigenvalue weighted by atomic mass is 9.68. The summed E-state index contributed by atoms with van der Waals surface area (Å²) in [5.41, 5.74) is 2.84. The van der Waals surface area contributed by atoms with E-state index in [1.807, 2.05) is 18.2 Å². The molecule has 35 heavy (non-hydrogen) atoms. The molecule has 1 unspecified atom stereocenters. The zero-order valence-corrected chi connectivity index (χ0v) is 20.6. The number of allylic oxidation sites excluding steroid dienone is 3. The molecule has 2 aromatic rings. The van der Waals surface area contributed by atoms with E-state index in [-0.39, 0.29) is 23.2 Å². The topological polar surface area (TPSA) is 0 Å². The fourth-order valence-electron chi connectivity index (χ4n) is 7.01. The summed E-state index contributed by atoms with van der Waals surface area (Å²) in [4.78, 5) is 0. The highest BCUT2D eigenvalue weighted by Gasteiger charge is 2.31. The predicted octanol–water partition coefficient (Wildman–Crippen LogP) is 9.72. The quantitative estimate of drug-likeness (QED) is 0.375. The van der Waals surface area contributed by atoms with E-state index < -0.39 is 11.6 Å². The van der Waals surface area contributed by atoms with Gasteiger partial charge >= 0.3 is 0 Å². The molecule has 0 amide bonds. The summed E-state index contributed by atoms with van der Waals surface area (Å²) >= 11 is 0. The van der Waals surface area contributed by atoms with Crippen molar-refractivity contribution in [2.75, 3.05) is 0 Å². The van der Waals surface area contributed by atoms with Crippen molar-refractivity contribution in [3.8, 4) is 0 Å². The van der Waals surface area contributed by atoms with Crippen molar-refractivity contribution in [1.29, 1.82) is 0 Å². The van der Waals surface area contributed by atoms with Gasteiger partial charge in [-0.1, -0.05) is 24.3 Å². The monoisotopic (exact) mass is 478 g/mol. The normalized spacial score (nSPS) is 29.5. The van der Waals surface area contributed by atoms with Crippen molar-refractivity contribution >= 4 is 5.57 Å². The van der Waals surface area contributed by atoms with Gasteiger partial charge in [0.05, 0.1) is 0 Å². The third-order valence-electron chi connectivity index (χ3n) is 9.20. The molecule has 0 nitrogen and oxygen atoms in total. The van der Waals surface area contributed by atoms with Crippen LogP contribution in [0.4, 0.5) is 13.2 Å². The van der Waals surface area contributed by atoms with Crippen LogP contribution in [0.5, 0.6) is 0 Å². The van der Waals surface area contributed by atoms with E-state index in [1.54, 1.807) is 12.1 Å². The van der Waals surface area contributed by atoms with Gasteiger partial charge in [0.2, 0.25) is 0 Å². The smallest absolute Gasteiger partial charge is 0.133 e. The van der Waals surface area contributed by atoms with Crippen LogP contribution in [0.25, 0.3) is 5.57 Å². The Bertz CT molecular complexity index is 1030. The summed E-state index contributed by atoms with van der Waals surface area (Å²) in [6.07, 6.45) is 15.8. The number of rotatable bonds is 5. The summed E-state index contributed by atoms with van der Waals surface area (Å²) in [5, 5.41) is 0. The largest absolute Gasteiger partial charge is 0.207 e. The van der Waals surface area contributed by atoms with E-state index in [0.29, 0.717) is 12.3 Å². The van der Waals surface area contributed by atoms with Crippen LogP contribution in [-0.2, 0) is 0 Å². The van der Waals surface area contributed by atoms with Crippen molar-refractivity contribution in [1.82, 2.24) is 0 Å². The average Bonchev–Trinajstić information content (AvgIpc) is 2.89. The number of hydrogen-bond donors (Lipinski definition) is 0. The average molecular weight is 479 g/mol. The Morgan fingerprint density at radius 2 is 1.29 bits per heavy atom. The highest BCUT2D eigenvalue weighted by Crippen LogP contribution is 2.45. The molecule has 0 heterocycles. The SMILES string of the molecule is C=CC1CCC(C2CCC(c3cc(F)c(C4=CCC(c5ccc(F)cc5)CC4)c(F)c3)CC2)CC1. The first-order valence-corrected chi connectivity index (χ1v) is 13.6. The van der Waals surface area contributed by atoms with E-state index in [9.17, 15) is 4.39 Å². The van der Waals surface area contributed by atoms with Crippen molar-refractivity contribution in [2.24, 2.45) is 17.8 Å². The molecule has 0 saturated heterocycles. The predicted molar refractivity (Wildman–Crippen MR) is 138 cm³/mol. The van der Waals surface area contributed by atoms with Crippen LogP contribution in [0.2, 0.25) is 0 Å². The number of halogens is 3. The molecule has 1 atom stereocenters. The van der Waals surface area contributed by atoms with E-state index in [0.717, 1.165) is 54.2 Å². The second kappa shape index (κ2) is 10.8. The summed E-state index contributed by atoms with van der Waals surface area (Å²) < 4.78 is 43.7. The first kappa shape index (κ1) is 24.4. The van der Waals surface area contributed by atoms with Crippen LogP contribution in [0.3, 0.4) is 0 Å². The molecular formula is C32H37F3. The summed E-state index contributed by atoms with van der Waals surface area (Å²) in [5.74, 6) is 1.73. The molecule has 0 bridgehead atoms. The summed E-state index contributed by atoms with van der Waals surface area (Å²) in [6, 6.07) is 9.80. The molecule has 0 N–H and O–H groups in total. The molecule has 2 aromatic carbocycles. The van der Waals surface area contributed by atoms with Gasteiger partial charge in [-0.25, -0.2) is 13.2 Å². The van der Waals surface area contributed by atoms with Gasteiger partial charge in [-0.15, -0.1) is 6.58 Å². The molecule has 0 spiro atoms. The van der Waals surface area contributed by atoms with Gasteiger partial charge in [0.15, 0.2) is 0 Å². The molecule has 3 aliphatic rings. The highest BCUT2D eigenvalue weighted by molar-refractivity contribution is 5.68. The van der Waals surface area contributed by atoms with E-state index in [2.05, 4.69) is 12.7 Å². The Labute approximate surface area is 208 Å². The lowest BCUT2D eigenvalue weighted by molar-refractivity contribution is 0.171. The Hall–Kier alpha value is -2.29. The van der Waals surface area contributed by atoms with Gasteiger partial charge < -0.3 is 0 Å². The summed E-state index contributed by atoms with van der Waals surface area (Å²) in [6.45, 7) is 3.96. The molecule has 186 valence electrons. The van der Waals surface area contributed by atoms with E-state index >= 15 is 8.78 Å². The maximum absolute atomic E-state index is 15.2. The minimum absolute atomic E-state index is 0.152. The first-order chi connectivity index (χ1) is 17.0. The minimum Gasteiger partial charge on any atom is -0.207 e. The van der Waals surface area contributed by atoms with Gasteiger partial charge in [0.1, 0.15) is 17.5 Å². The Morgan fingerprint density at radius 1 is 0.686 bits per heavy atom. The van der Waals surface area contributed by atoms with Gasteiger partial charge in [-0.2, -0.15) is 0 Å². The Kier molecular flexibility index (Phi) is 7.51. The standard InChI is InChI=1S/C32H37F3/c1-2-21-3-5-22(6-4-21)23-7-9-26(10-8-23)28-19-30(34)32(31(35)20-28)27-13-11-24(12-14-27)25-15-17-29(33)18-16-25/h2,13,15-24,26H,1,3-12,14H2. The molecule has 3 heteroatoms. The van der Waals surface area contributed by atoms with Crippen molar-refractivity contribution in [3.63, 3.8) is 0 Å². The molecule has 0 aromatic heterocycles. The van der Waals surface area contributed by atoms with Gasteiger partial charge in [0.25, 0.3) is 0 Å². The molecule has 0 aliphatic heterocycles. The molecule has 0 radical (unpaired) electrons. The van der Waals surface area contributed by atoms with Crippen LogP contribution in [0, 0.1) is 35.2 Å². The Balaban J connectivity index is 1.22. The van der Waals surface area contributed by atoms with Crippen molar-refractivity contribution < 1.29 is 13.2 Å². The zero-order valence-electron chi connectivity index (χ0n) is 20.6. The number of hydrogen-bond acceptors (Lipinski definition) is 0. The van der Waals surface area contributed by atoms with Gasteiger partial charge in [0, 0.05) is 5.56 Å². The van der Waals surface area contributed by atoms with Gasteiger partial charge in [-0.05, 0) is 141 Å². The molecule has 2 saturated carbocycles. The van der Waals surface area contributed by atoms with Crippen LogP contribution < -0.4 is 0 Å². The maximum Gasteiger partial charge on any atom is 0.133 e. The fraction of sp³-hybridized carbons (Fsp3) is 0.500. The van der Waals surface area contributed by atoms with E-state index in [1.165, 1.54) is 50.7 Å². The molecule has 3 aliphatic carbocycles. The number of benzene rings is 2.